The number of nitrogens with two attached hydrogens (primary N) is 1. The standard InChI is InChI=1S/C16H32N2O2/c1-16(2,3)14-7-5-13(6-8-14)15(19)18-10-4-11-20-12-9-17/h13-14H,4-12,17H2,1-3H3,(H,18,19). The van der Waals surface area contributed by atoms with E-state index < -0.39 is 0 Å². The fraction of sp³-hybridized carbons (Fsp3) is 0.938. The normalized spacial score (nSPS) is 23.6. The zero-order valence-electron chi connectivity index (χ0n) is 13.4. The quantitative estimate of drug-likeness (QED) is 0.705. The first-order valence-electron chi connectivity index (χ1n) is 8.00. The van der Waals surface area contributed by atoms with E-state index in [0.717, 1.165) is 25.2 Å². The summed E-state index contributed by atoms with van der Waals surface area (Å²) in [6.45, 7) is 9.46. The minimum absolute atomic E-state index is 0.221. The van der Waals surface area contributed by atoms with E-state index in [1.54, 1.807) is 0 Å². The number of carbonyl (C=O) groups is 1. The third-order valence-corrected chi connectivity index (χ3v) is 4.35. The largest absolute Gasteiger partial charge is 0.380 e. The van der Waals surface area contributed by atoms with Gasteiger partial charge in [-0.3, -0.25) is 4.79 Å². The number of amides is 1. The van der Waals surface area contributed by atoms with Gasteiger partial charge in [0, 0.05) is 25.6 Å². The van der Waals surface area contributed by atoms with Gasteiger partial charge in [-0.2, -0.15) is 0 Å². The number of hydrogen-bond donors (Lipinski definition) is 2. The second kappa shape index (κ2) is 8.63. The van der Waals surface area contributed by atoms with Crippen molar-refractivity contribution >= 4 is 5.91 Å². The summed E-state index contributed by atoms with van der Waals surface area (Å²) in [5.41, 5.74) is 5.71. The van der Waals surface area contributed by atoms with Gasteiger partial charge < -0.3 is 15.8 Å². The van der Waals surface area contributed by atoms with E-state index in [2.05, 4.69) is 26.1 Å². The second-order valence-corrected chi connectivity index (χ2v) is 6.96. The summed E-state index contributed by atoms with van der Waals surface area (Å²) in [4.78, 5) is 12.1. The molecule has 1 rings (SSSR count). The van der Waals surface area contributed by atoms with Crippen molar-refractivity contribution in [1.82, 2.24) is 5.32 Å². The van der Waals surface area contributed by atoms with Crippen LogP contribution in [0.4, 0.5) is 0 Å². The summed E-state index contributed by atoms with van der Waals surface area (Å²) in [5.74, 6) is 1.21. The Balaban J connectivity index is 2.13. The summed E-state index contributed by atoms with van der Waals surface area (Å²) in [7, 11) is 0. The van der Waals surface area contributed by atoms with E-state index in [-0.39, 0.29) is 11.8 Å². The SMILES string of the molecule is CC(C)(C)C1CCC(C(=O)NCCCOCCN)CC1. The van der Waals surface area contributed by atoms with E-state index in [9.17, 15) is 4.79 Å². The van der Waals surface area contributed by atoms with E-state index >= 15 is 0 Å². The molecular formula is C16H32N2O2. The highest BCUT2D eigenvalue weighted by molar-refractivity contribution is 5.78. The number of hydrogen-bond acceptors (Lipinski definition) is 3. The highest BCUT2D eigenvalue weighted by Crippen LogP contribution is 2.39. The molecule has 1 aliphatic carbocycles. The second-order valence-electron chi connectivity index (χ2n) is 6.96. The van der Waals surface area contributed by atoms with E-state index in [0.29, 0.717) is 31.7 Å². The van der Waals surface area contributed by atoms with Gasteiger partial charge in [0.15, 0.2) is 0 Å². The first-order chi connectivity index (χ1) is 9.45. The first kappa shape index (κ1) is 17.4. The van der Waals surface area contributed by atoms with Gasteiger partial charge >= 0.3 is 0 Å². The molecule has 0 radical (unpaired) electrons. The Bertz CT molecular complexity index is 279. The van der Waals surface area contributed by atoms with Crippen molar-refractivity contribution in [2.75, 3.05) is 26.3 Å². The molecule has 1 fully saturated rings. The van der Waals surface area contributed by atoms with Crippen LogP contribution >= 0.6 is 0 Å². The first-order valence-corrected chi connectivity index (χ1v) is 8.00. The molecule has 4 heteroatoms. The van der Waals surface area contributed by atoms with E-state index in [1.807, 2.05) is 0 Å². The van der Waals surface area contributed by atoms with Crippen LogP contribution in [-0.4, -0.2) is 32.2 Å². The van der Waals surface area contributed by atoms with E-state index in [4.69, 9.17) is 10.5 Å². The maximum absolute atomic E-state index is 12.1. The average molecular weight is 284 g/mol. The van der Waals surface area contributed by atoms with Gasteiger partial charge in [0.1, 0.15) is 0 Å². The third kappa shape index (κ3) is 6.23. The molecule has 0 aromatic rings. The van der Waals surface area contributed by atoms with Gasteiger partial charge in [0.25, 0.3) is 0 Å². The fourth-order valence-electron chi connectivity index (χ4n) is 2.94. The zero-order valence-corrected chi connectivity index (χ0v) is 13.4. The van der Waals surface area contributed by atoms with Gasteiger partial charge in [-0.25, -0.2) is 0 Å². The highest BCUT2D eigenvalue weighted by atomic mass is 16.5. The molecule has 3 N–H and O–H groups in total. The van der Waals surface area contributed by atoms with E-state index in [1.165, 1.54) is 12.8 Å². The van der Waals surface area contributed by atoms with Crippen LogP contribution in [0.1, 0.15) is 52.9 Å². The average Bonchev–Trinajstić information content (AvgIpc) is 2.41. The van der Waals surface area contributed by atoms with Crippen molar-refractivity contribution in [1.29, 1.82) is 0 Å². The third-order valence-electron chi connectivity index (χ3n) is 4.35. The molecule has 0 aliphatic heterocycles. The molecule has 1 saturated carbocycles. The number of ether oxygens (including phenoxy) is 1. The molecule has 0 aromatic heterocycles. The lowest BCUT2D eigenvalue weighted by atomic mass is 9.69. The molecule has 0 spiro atoms. The summed E-state index contributed by atoms with van der Waals surface area (Å²) < 4.78 is 5.29. The summed E-state index contributed by atoms with van der Waals surface area (Å²) in [6.07, 6.45) is 5.31. The molecule has 20 heavy (non-hydrogen) atoms. The summed E-state index contributed by atoms with van der Waals surface area (Å²) in [6, 6.07) is 0. The molecule has 0 heterocycles. The molecule has 0 saturated heterocycles. The van der Waals surface area contributed by atoms with Crippen molar-refractivity contribution in [3.8, 4) is 0 Å². The van der Waals surface area contributed by atoms with Crippen LogP contribution in [0, 0.1) is 17.3 Å². The van der Waals surface area contributed by atoms with Crippen molar-refractivity contribution in [2.24, 2.45) is 23.0 Å². The maximum atomic E-state index is 12.1. The Morgan fingerprint density at radius 1 is 1.20 bits per heavy atom. The van der Waals surface area contributed by atoms with Gasteiger partial charge in [-0.05, 0) is 43.4 Å². The number of rotatable bonds is 7. The van der Waals surface area contributed by atoms with Crippen molar-refractivity contribution in [3.63, 3.8) is 0 Å². The lowest BCUT2D eigenvalue weighted by Crippen LogP contribution is -2.36. The minimum atomic E-state index is 0.221. The Morgan fingerprint density at radius 2 is 1.85 bits per heavy atom. The van der Waals surface area contributed by atoms with Gasteiger partial charge in [-0.1, -0.05) is 20.8 Å². The van der Waals surface area contributed by atoms with Crippen LogP contribution in [0.5, 0.6) is 0 Å². The molecule has 0 unspecified atom stereocenters. The predicted octanol–water partition coefficient (Wildman–Crippen LogP) is 2.32. The van der Waals surface area contributed by atoms with Gasteiger partial charge in [0.05, 0.1) is 6.61 Å². The highest BCUT2D eigenvalue weighted by Gasteiger charge is 2.32. The maximum Gasteiger partial charge on any atom is 0.223 e. The van der Waals surface area contributed by atoms with Crippen LogP contribution in [0.15, 0.2) is 0 Å². The topological polar surface area (TPSA) is 64.3 Å². The van der Waals surface area contributed by atoms with Crippen LogP contribution in [-0.2, 0) is 9.53 Å². The van der Waals surface area contributed by atoms with Crippen molar-refractivity contribution < 1.29 is 9.53 Å². The zero-order chi connectivity index (χ0) is 15.0. The predicted molar refractivity (Wildman–Crippen MR) is 82.4 cm³/mol. The van der Waals surface area contributed by atoms with Crippen molar-refractivity contribution in [2.45, 2.75) is 52.9 Å². The monoisotopic (exact) mass is 284 g/mol. The lowest BCUT2D eigenvalue weighted by molar-refractivity contribution is -0.126. The Morgan fingerprint density at radius 3 is 2.40 bits per heavy atom. The van der Waals surface area contributed by atoms with Gasteiger partial charge in [0.2, 0.25) is 5.91 Å². The summed E-state index contributed by atoms with van der Waals surface area (Å²) >= 11 is 0. The fourth-order valence-corrected chi connectivity index (χ4v) is 2.94. The number of nitrogens with one attached hydrogen (secondary N) is 1. The molecule has 0 bridgehead atoms. The van der Waals surface area contributed by atoms with Gasteiger partial charge in [-0.15, -0.1) is 0 Å². The van der Waals surface area contributed by atoms with Crippen LogP contribution in [0.3, 0.4) is 0 Å². The van der Waals surface area contributed by atoms with Crippen molar-refractivity contribution in [3.05, 3.63) is 0 Å². The lowest BCUT2D eigenvalue weighted by Gasteiger charge is -2.36. The smallest absolute Gasteiger partial charge is 0.223 e. The molecule has 0 aromatic carbocycles. The summed E-state index contributed by atoms with van der Waals surface area (Å²) in [5, 5.41) is 3.03. The molecular weight excluding hydrogens is 252 g/mol. The Kier molecular flexibility index (Phi) is 7.52. The number of carbonyl (C=O) groups excluding carboxylic acids is 1. The Hall–Kier alpha value is -0.610. The molecule has 1 aliphatic rings. The minimum Gasteiger partial charge on any atom is -0.380 e. The van der Waals surface area contributed by atoms with Crippen LogP contribution < -0.4 is 11.1 Å². The Labute approximate surface area is 123 Å². The van der Waals surface area contributed by atoms with Crippen LogP contribution in [0.25, 0.3) is 0 Å². The molecule has 1 amide bonds. The molecule has 4 nitrogen and oxygen atoms in total. The molecule has 0 atom stereocenters. The van der Waals surface area contributed by atoms with Crippen LogP contribution in [0.2, 0.25) is 0 Å². The molecule has 118 valence electrons.